The van der Waals surface area contributed by atoms with Crippen LogP contribution in [0.15, 0.2) is 30.5 Å². The summed E-state index contributed by atoms with van der Waals surface area (Å²) in [6, 6.07) is 6.20. The van der Waals surface area contributed by atoms with Crippen molar-refractivity contribution in [3.63, 3.8) is 0 Å². The number of ether oxygens (including phenoxy) is 2. The SMILES string of the molecule is COc1ccc(Cl)cc1NC(=O)C(C)OC(=O)c1cc(Cl)c[nH]1. The topological polar surface area (TPSA) is 80.4 Å². The predicted octanol–water partition coefficient (Wildman–Crippen LogP) is 3.51. The third-order valence-electron chi connectivity index (χ3n) is 2.94. The maximum atomic E-state index is 12.1. The van der Waals surface area contributed by atoms with Gasteiger partial charge >= 0.3 is 5.97 Å². The molecule has 2 rings (SSSR count). The molecule has 6 nitrogen and oxygen atoms in total. The molecule has 0 saturated carbocycles. The van der Waals surface area contributed by atoms with Crippen molar-refractivity contribution in [1.82, 2.24) is 4.98 Å². The minimum absolute atomic E-state index is 0.162. The molecule has 0 aliphatic carbocycles. The van der Waals surface area contributed by atoms with Gasteiger partial charge < -0.3 is 19.8 Å². The fourth-order valence-electron chi connectivity index (χ4n) is 1.78. The molecule has 0 aliphatic heterocycles. The second-order valence-corrected chi connectivity index (χ2v) is 5.49. The van der Waals surface area contributed by atoms with Gasteiger partial charge in [-0.1, -0.05) is 23.2 Å². The van der Waals surface area contributed by atoms with Crippen LogP contribution in [0.5, 0.6) is 5.75 Å². The van der Waals surface area contributed by atoms with E-state index in [-0.39, 0.29) is 5.69 Å². The summed E-state index contributed by atoms with van der Waals surface area (Å²) in [5.41, 5.74) is 0.547. The molecule has 0 saturated heterocycles. The molecular weight excluding hydrogens is 343 g/mol. The number of halogens is 2. The predicted molar refractivity (Wildman–Crippen MR) is 87.3 cm³/mol. The first kappa shape index (κ1) is 17.2. The summed E-state index contributed by atoms with van der Waals surface area (Å²) in [5.74, 6) is -0.758. The number of carbonyl (C=O) groups is 2. The average Bonchev–Trinajstić information content (AvgIpc) is 2.94. The monoisotopic (exact) mass is 356 g/mol. The summed E-state index contributed by atoms with van der Waals surface area (Å²) in [6.45, 7) is 1.45. The van der Waals surface area contributed by atoms with Crippen molar-refractivity contribution >= 4 is 40.8 Å². The minimum atomic E-state index is -1.02. The highest BCUT2D eigenvalue weighted by molar-refractivity contribution is 6.31. The molecule has 0 radical (unpaired) electrons. The highest BCUT2D eigenvalue weighted by atomic mass is 35.5. The van der Waals surface area contributed by atoms with E-state index in [4.69, 9.17) is 32.7 Å². The Hall–Kier alpha value is -2.18. The van der Waals surface area contributed by atoms with Crippen LogP contribution in [0.3, 0.4) is 0 Å². The van der Waals surface area contributed by atoms with Crippen LogP contribution in [0.4, 0.5) is 5.69 Å². The molecule has 0 spiro atoms. The van der Waals surface area contributed by atoms with E-state index in [0.717, 1.165) is 0 Å². The first-order chi connectivity index (χ1) is 10.9. The summed E-state index contributed by atoms with van der Waals surface area (Å²) < 4.78 is 10.2. The van der Waals surface area contributed by atoms with Crippen molar-refractivity contribution in [2.75, 3.05) is 12.4 Å². The lowest BCUT2D eigenvalue weighted by Crippen LogP contribution is -2.30. The number of hydrogen-bond donors (Lipinski definition) is 2. The second kappa shape index (κ2) is 7.39. The van der Waals surface area contributed by atoms with Gasteiger partial charge in [-0.2, -0.15) is 0 Å². The van der Waals surface area contributed by atoms with Gasteiger partial charge in [0, 0.05) is 11.2 Å². The summed E-state index contributed by atoms with van der Waals surface area (Å²) in [6.07, 6.45) is 0.424. The van der Waals surface area contributed by atoms with E-state index < -0.39 is 18.0 Å². The van der Waals surface area contributed by atoms with Gasteiger partial charge in [0.1, 0.15) is 11.4 Å². The number of benzene rings is 1. The normalized spacial score (nSPS) is 11.7. The Labute approximate surface area is 142 Å². The fraction of sp³-hybridized carbons (Fsp3) is 0.200. The molecule has 8 heteroatoms. The van der Waals surface area contributed by atoms with E-state index >= 15 is 0 Å². The van der Waals surface area contributed by atoms with E-state index in [9.17, 15) is 9.59 Å². The molecule has 1 amide bonds. The Morgan fingerprint density at radius 3 is 2.57 bits per heavy atom. The Morgan fingerprint density at radius 1 is 1.22 bits per heavy atom. The maximum absolute atomic E-state index is 12.1. The molecule has 0 fully saturated rings. The Bertz CT molecular complexity index is 730. The van der Waals surface area contributed by atoms with Crippen molar-refractivity contribution in [3.8, 4) is 5.75 Å². The van der Waals surface area contributed by atoms with Crippen molar-refractivity contribution in [2.45, 2.75) is 13.0 Å². The van der Waals surface area contributed by atoms with Crippen LogP contribution < -0.4 is 10.1 Å². The van der Waals surface area contributed by atoms with Gasteiger partial charge in [0.15, 0.2) is 6.10 Å². The zero-order valence-electron chi connectivity index (χ0n) is 12.4. The second-order valence-electron chi connectivity index (χ2n) is 4.61. The number of anilines is 1. The van der Waals surface area contributed by atoms with Crippen LogP contribution in [-0.2, 0) is 9.53 Å². The van der Waals surface area contributed by atoms with Crippen molar-refractivity contribution in [3.05, 3.63) is 46.2 Å². The van der Waals surface area contributed by atoms with Gasteiger partial charge in [-0.05, 0) is 31.2 Å². The number of carbonyl (C=O) groups excluding carboxylic acids is 2. The molecule has 1 aromatic carbocycles. The molecule has 122 valence electrons. The lowest BCUT2D eigenvalue weighted by molar-refractivity contribution is -0.123. The molecule has 1 unspecified atom stereocenters. The molecule has 1 heterocycles. The number of rotatable bonds is 5. The highest BCUT2D eigenvalue weighted by Crippen LogP contribution is 2.27. The largest absolute Gasteiger partial charge is 0.495 e. The van der Waals surface area contributed by atoms with Crippen LogP contribution in [-0.4, -0.2) is 30.1 Å². The van der Waals surface area contributed by atoms with Crippen LogP contribution in [0.25, 0.3) is 0 Å². The summed E-state index contributed by atoms with van der Waals surface area (Å²) in [5, 5.41) is 3.41. The molecule has 1 atom stereocenters. The van der Waals surface area contributed by atoms with Crippen molar-refractivity contribution < 1.29 is 19.1 Å². The number of aromatic amines is 1. The van der Waals surface area contributed by atoms with Gasteiger partial charge in [-0.15, -0.1) is 0 Å². The maximum Gasteiger partial charge on any atom is 0.355 e. The summed E-state index contributed by atoms with van der Waals surface area (Å²) >= 11 is 11.6. The first-order valence-corrected chi connectivity index (χ1v) is 7.35. The number of nitrogens with one attached hydrogen (secondary N) is 2. The number of amides is 1. The zero-order valence-corrected chi connectivity index (χ0v) is 13.9. The van der Waals surface area contributed by atoms with E-state index in [1.165, 1.54) is 32.4 Å². The van der Waals surface area contributed by atoms with Crippen LogP contribution in [0.1, 0.15) is 17.4 Å². The lowest BCUT2D eigenvalue weighted by atomic mass is 10.2. The smallest absolute Gasteiger partial charge is 0.355 e. The fourth-order valence-corrected chi connectivity index (χ4v) is 2.11. The molecule has 1 aromatic heterocycles. The van der Waals surface area contributed by atoms with E-state index in [1.807, 2.05) is 0 Å². The number of aromatic nitrogens is 1. The van der Waals surface area contributed by atoms with Crippen LogP contribution in [0, 0.1) is 0 Å². The zero-order chi connectivity index (χ0) is 17.0. The van der Waals surface area contributed by atoms with Gasteiger partial charge in [-0.3, -0.25) is 4.79 Å². The average molecular weight is 357 g/mol. The number of esters is 1. The van der Waals surface area contributed by atoms with Crippen LogP contribution >= 0.6 is 23.2 Å². The number of hydrogen-bond acceptors (Lipinski definition) is 4. The molecule has 23 heavy (non-hydrogen) atoms. The van der Waals surface area contributed by atoms with Gasteiger partial charge in [0.25, 0.3) is 5.91 Å². The quantitative estimate of drug-likeness (QED) is 0.803. The lowest BCUT2D eigenvalue weighted by Gasteiger charge is -2.15. The molecule has 0 aliphatic rings. The standard InChI is InChI=1S/C15H14Cl2N2O4/c1-8(23-15(21)12-6-10(17)7-18-12)14(20)19-11-5-9(16)3-4-13(11)22-2/h3-8,18H,1-2H3,(H,19,20). The molecule has 0 bridgehead atoms. The number of methoxy groups -OCH3 is 1. The van der Waals surface area contributed by atoms with Gasteiger partial charge in [0.05, 0.1) is 17.8 Å². The highest BCUT2D eigenvalue weighted by Gasteiger charge is 2.21. The molecule has 2 N–H and O–H groups in total. The van der Waals surface area contributed by atoms with Crippen LogP contribution in [0.2, 0.25) is 10.0 Å². The van der Waals surface area contributed by atoms with E-state index in [1.54, 1.807) is 12.1 Å². The Balaban J connectivity index is 2.03. The van der Waals surface area contributed by atoms with E-state index in [2.05, 4.69) is 10.3 Å². The van der Waals surface area contributed by atoms with Crippen molar-refractivity contribution in [1.29, 1.82) is 0 Å². The number of H-pyrrole nitrogens is 1. The third-order valence-corrected chi connectivity index (χ3v) is 3.39. The minimum Gasteiger partial charge on any atom is -0.495 e. The Morgan fingerprint density at radius 2 is 1.96 bits per heavy atom. The van der Waals surface area contributed by atoms with Gasteiger partial charge in [0.2, 0.25) is 0 Å². The molecule has 2 aromatic rings. The summed E-state index contributed by atoms with van der Waals surface area (Å²) in [4.78, 5) is 26.7. The van der Waals surface area contributed by atoms with Crippen molar-refractivity contribution in [2.24, 2.45) is 0 Å². The van der Waals surface area contributed by atoms with E-state index in [0.29, 0.717) is 21.5 Å². The first-order valence-electron chi connectivity index (χ1n) is 6.60. The Kier molecular flexibility index (Phi) is 5.52. The third kappa shape index (κ3) is 4.40. The summed E-state index contributed by atoms with van der Waals surface area (Å²) in [7, 11) is 1.47. The molecular formula is C15H14Cl2N2O4. The van der Waals surface area contributed by atoms with Gasteiger partial charge in [-0.25, -0.2) is 4.79 Å².